The number of nitrogens with one attached hydrogen (secondary N) is 2. The van der Waals surface area contributed by atoms with Gasteiger partial charge in [0.15, 0.2) is 6.29 Å². The molecule has 1 fully saturated rings. The number of aliphatic hydroxyl groups is 2. The minimum Gasteiger partial charge on any atom is -0.508 e. The Bertz CT molecular complexity index is 1700. The van der Waals surface area contributed by atoms with Gasteiger partial charge in [0.05, 0.1) is 32.0 Å². The predicted molar refractivity (Wildman–Crippen MR) is 191 cm³/mol. The summed E-state index contributed by atoms with van der Waals surface area (Å²) in [6, 6.07) is 30.0. The molecule has 270 valence electrons. The molecule has 0 spiro atoms. The first kappa shape index (κ1) is 37.5. The second kappa shape index (κ2) is 17.9. The third kappa shape index (κ3) is 10.4. The average Bonchev–Trinajstić information content (AvgIpc) is 3.15. The maximum atomic E-state index is 12.8. The van der Waals surface area contributed by atoms with E-state index in [0.717, 1.165) is 27.8 Å². The molecular weight excluding hydrogens is 650 g/mol. The molecular formula is C40H47N3O8. The van der Waals surface area contributed by atoms with E-state index in [-0.39, 0.29) is 37.0 Å². The summed E-state index contributed by atoms with van der Waals surface area (Å²) in [5, 5.41) is 35.8. The highest BCUT2D eigenvalue weighted by Gasteiger charge is 2.39. The fraction of sp³-hybridized carbons (Fsp3) is 0.350. The number of benzene rings is 4. The first-order valence-electron chi connectivity index (χ1n) is 17.0. The fourth-order valence-electron chi connectivity index (χ4n) is 6.21. The normalized spacial score (nSPS) is 20.0. The quantitative estimate of drug-likeness (QED) is 0.116. The van der Waals surface area contributed by atoms with Crippen molar-refractivity contribution >= 4 is 12.0 Å². The molecule has 4 aromatic rings. The molecule has 0 bridgehead atoms. The van der Waals surface area contributed by atoms with Gasteiger partial charge in [-0.1, -0.05) is 97.9 Å². The van der Waals surface area contributed by atoms with Gasteiger partial charge in [0.25, 0.3) is 0 Å². The molecule has 11 heteroatoms. The molecule has 6 atom stereocenters. The second-order valence-corrected chi connectivity index (χ2v) is 13.0. The molecule has 0 aliphatic carbocycles. The Morgan fingerprint density at radius 1 is 0.882 bits per heavy atom. The van der Waals surface area contributed by atoms with Crippen LogP contribution in [0.15, 0.2) is 103 Å². The van der Waals surface area contributed by atoms with Crippen LogP contribution in [0.25, 0.3) is 0 Å². The lowest BCUT2D eigenvalue weighted by Gasteiger charge is -2.42. The summed E-state index contributed by atoms with van der Waals surface area (Å²) in [7, 11) is 3.21. The zero-order valence-corrected chi connectivity index (χ0v) is 29.1. The molecule has 1 saturated heterocycles. The number of phenolic OH excluding ortho intramolecular Hbond substituents is 1. The van der Waals surface area contributed by atoms with E-state index in [9.17, 15) is 24.9 Å². The van der Waals surface area contributed by atoms with Crippen LogP contribution in [0.2, 0.25) is 0 Å². The Morgan fingerprint density at radius 2 is 1.57 bits per heavy atom. The van der Waals surface area contributed by atoms with Crippen molar-refractivity contribution in [3.8, 4) is 5.75 Å². The minimum atomic E-state index is -0.836. The highest BCUT2D eigenvalue weighted by atomic mass is 16.7. The number of likely N-dealkylation sites (N-methyl/N-ethyl adjacent to an activating group) is 1. The number of ether oxygens (including phenoxy) is 3. The molecule has 0 aromatic heterocycles. The van der Waals surface area contributed by atoms with Crippen molar-refractivity contribution in [2.24, 2.45) is 5.92 Å². The molecule has 6 unspecified atom stereocenters. The number of rotatable bonds is 14. The van der Waals surface area contributed by atoms with Gasteiger partial charge in [-0.15, -0.1) is 0 Å². The van der Waals surface area contributed by atoms with E-state index < -0.39 is 30.4 Å². The largest absolute Gasteiger partial charge is 0.508 e. The number of hydrogen-bond acceptors (Lipinski definition) is 9. The molecule has 0 radical (unpaired) electrons. The SMILES string of the molecule is COC(=O)C(Cc1ccccc1)NC(=O)NCc1ccc(C2OC(CN(C)CC(O)c3cccc(O)c3)C(C)C(c3ccc(CO)cc3)O2)cc1. The number of carbonyl (C=O) groups excluding carboxylic acids is 2. The lowest BCUT2D eigenvalue weighted by Crippen LogP contribution is -2.47. The number of nitrogens with zero attached hydrogens (tertiary/aromatic N) is 1. The zero-order chi connectivity index (χ0) is 36.3. The van der Waals surface area contributed by atoms with Crippen molar-refractivity contribution in [3.63, 3.8) is 0 Å². The van der Waals surface area contributed by atoms with Crippen molar-refractivity contribution in [2.45, 2.75) is 57.1 Å². The van der Waals surface area contributed by atoms with Crippen LogP contribution in [-0.4, -0.2) is 71.6 Å². The number of methoxy groups -OCH3 is 1. The number of phenols is 1. The molecule has 2 amide bonds. The van der Waals surface area contributed by atoms with Gasteiger partial charge in [0.2, 0.25) is 0 Å². The van der Waals surface area contributed by atoms with E-state index >= 15 is 0 Å². The number of aromatic hydroxyl groups is 1. The smallest absolute Gasteiger partial charge is 0.328 e. The maximum absolute atomic E-state index is 12.8. The van der Waals surface area contributed by atoms with Gasteiger partial charge >= 0.3 is 12.0 Å². The van der Waals surface area contributed by atoms with Crippen LogP contribution in [0.4, 0.5) is 4.79 Å². The van der Waals surface area contributed by atoms with Crippen LogP contribution < -0.4 is 10.6 Å². The molecule has 1 aliphatic heterocycles. The van der Waals surface area contributed by atoms with Crippen LogP contribution in [0.1, 0.15) is 58.8 Å². The van der Waals surface area contributed by atoms with Gasteiger partial charge in [0.1, 0.15) is 11.8 Å². The van der Waals surface area contributed by atoms with Crippen LogP contribution in [0.3, 0.4) is 0 Å². The summed E-state index contributed by atoms with van der Waals surface area (Å²) >= 11 is 0. The standard InChI is InChI=1S/C40H47N3O8/c1-26-36(24-43(2)23-35(46)32-10-7-11-33(45)21-32)50-39(51-37(26)30-16-14-29(25-44)15-17-30)31-18-12-28(13-19-31)22-41-40(48)42-34(38(47)49-3)20-27-8-5-4-6-9-27/h4-19,21,26,34-37,39,44-46H,20,22-25H2,1-3H3,(H2,41,42,48). The first-order valence-corrected chi connectivity index (χ1v) is 17.0. The average molecular weight is 698 g/mol. The molecule has 5 N–H and O–H groups in total. The molecule has 1 heterocycles. The lowest BCUT2D eigenvalue weighted by molar-refractivity contribution is -0.276. The number of esters is 1. The summed E-state index contributed by atoms with van der Waals surface area (Å²) in [4.78, 5) is 27.1. The molecule has 51 heavy (non-hydrogen) atoms. The number of aliphatic hydroxyl groups excluding tert-OH is 2. The molecule has 11 nitrogen and oxygen atoms in total. The Labute approximate surface area is 298 Å². The van der Waals surface area contributed by atoms with E-state index in [4.69, 9.17) is 14.2 Å². The molecule has 4 aromatic carbocycles. The predicted octanol–water partition coefficient (Wildman–Crippen LogP) is 4.92. The van der Waals surface area contributed by atoms with Crippen LogP contribution in [0.5, 0.6) is 5.75 Å². The Kier molecular flexibility index (Phi) is 13.2. The summed E-state index contributed by atoms with van der Waals surface area (Å²) in [5.41, 5.74) is 4.93. The summed E-state index contributed by atoms with van der Waals surface area (Å²) in [6.07, 6.45) is -1.77. The number of carbonyl (C=O) groups is 2. The Balaban J connectivity index is 1.24. The zero-order valence-electron chi connectivity index (χ0n) is 29.1. The molecule has 0 saturated carbocycles. The molecule has 5 rings (SSSR count). The Hall–Kier alpha value is -4.78. The highest BCUT2D eigenvalue weighted by Crippen LogP contribution is 2.42. The van der Waals surface area contributed by atoms with Crippen molar-refractivity contribution in [1.29, 1.82) is 0 Å². The topological polar surface area (TPSA) is 150 Å². The first-order chi connectivity index (χ1) is 24.6. The Morgan fingerprint density at radius 3 is 2.24 bits per heavy atom. The van der Waals surface area contributed by atoms with E-state index in [1.54, 1.807) is 24.3 Å². The van der Waals surface area contributed by atoms with Crippen molar-refractivity contribution < 1.29 is 39.1 Å². The van der Waals surface area contributed by atoms with Crippen molar-refractivity contribution in [1.82, 2.24) is 15.5 Å². The van der Waals surface area contributed by atoms with Crippen LogP contribution in [-0.2, 0) is 38.6 Å². The summed E-state index contributed by atoms with van der Waals surface area (Å²) in [5.74, 6) is -0.483. The lowest BCUT2D eigenvalue weighted by atomic mass is 9.90. The van der Waals surface area contributed by atoms with E-state index in [1.165, 1.54) is 7.11 Å². The minimum absolute atomic E-state index is 0.0511. The maximum Gasteiger partial charge on any atom is 0.328 e. The van der Waals surface area contributed by atoms with Gasteiger partial charge in [-0.05, 0) is 47.0 Å². The van der Waals surface area contributed by atoms with E-state index in [0.29, 0.717) is 25.1 Å². The van der Waals surface area contributed by atoms with Crippen molar-refractivity contribution in [3.05, 3.63) is 137 Å². The van der Waals surface area contributed by atoms with E-state index in [1.807, 2.05) is 90.8 Å². The van der Waals surface area contributed by atoms with Crippen LogP contribution in [0, 0.1) is 5.92 Å². The fourth-order valence-corrected chi connectivity index (χ4v) is 6.21. The summed E-state index contributed by atoms with van der Waals surface area (Å²) < 4.78 is 18.1. The van der Waals surface area contributed by atoms with E-state index in [2.05, 4.69) is 17.6 Å². The third-order valence-electron chi connectivity index (χ3n) is 9.13. The monoisotopic (exact) mass is 697 g/mol. The summed E-state index contributed by atoms with van der Waals surface area (Å²) in [6.45, 7) is 3.10. The van der Waals surface area contributed by atoms with Gasteiger partial charge in [-0.3, -0.25) is 0 Å². The second-order valence-electron chi connectivity index (χ2n) is 13.0. The number of urea groups is 1. The van der Waals surface area contributed by atoms with Gasteiger partial charge in [0, 0.05) is 37.5 Å². The number of hydrogen-bond donors (Lipinski definition) is 5. The van der Waals surface area contributed by atoms with Gasteiger partial charge < -0.3 is 45.1 Å². The van der Waals surface area contributed by atoms with Crippen molar-refractivity contribution in [2.75, 3.05) is 27.2 Å². The van der Waals surface area contributed by atoms with Gasteiger partial charge in [-0.25, -0.2) is 9.59 Å². The number of amides is 2. The van der Waals surface area contributed by atoms with Gasteiger partial charge in [-0.2, -0.15) is 0 Å². The third-order valence-corrected chi connectivity index (χ3v) is 9.13. The van der Waals surface area contributed by atoms with Crippen LogP contribution >= 0.6 is 0 Å². The molecule has 1 aliphatic rings. The highest BCUT2D eigenvalue weighted by molar-refractivity contribution is 5.83.